The van der Waals surface area contributed by atoms with Crippen molar-refractivity contribution in [2.24, 2.45) is 0 Å². The molecule has 1 aromatic heterocycles. The molecule has 0 aliphatic carbocycles. The summed E-state index contributed by atoms with van der Waals surface area (Å²) in [6.07, 6.45) is 0. The standard InChI is InChI=1S/C26H25BrN4O3S/c1-4-31(5-2)19-10-6-16(7-11-19)25-29-21-15-18(9-13-23(21)34-25)28-26(35)30-24(32)17-8-12-22(33-3)20(27)14-17/h6-15H,4-5H2,1-3H3,(H2,28,30,32,35). The summed E-state index contributed by atoms with van der Waals surface area (Å²) in [7, 11) is 1.57. The van der Waals surface area contributed by atoms with E-state index in [9.17, 15) is 4.79 Å². The van der Waals surface area contributed by atoms with Gasteiger partial charge < -0.3 is 19.4 Å². The number of carbonyl (C=O) groups is 1. The Hall–Kier alpha value is -3.43. The number of nitrogens with zero attached hydrogens (tertiary/aromatic N) is 2. The Balaban J connectivity index is 1.45. The first-order chi connectivity index (χ1) is 16.9. The lowest BCUT2D eigenvalue weighted by molar-refractivity contribution is 0.0977. The van der Waals surface area contributed by atoms with Crippen molar-refractivity contribution in [2.75, 3.05) is 30.4 Å². The highest BCUT2D eigenvalue weighted by Gasteiger charge is 2.13. The monoisotopic (exact) mass is 552 g/mol. The van der Waals surface area contributed by atoms with E-state index in [-0.39, 0.29) is 11.0 Å². The molecule has 4 aromatic rings. The molecule has 180 valence electrons. The average molecular weight is 553 g/mol. The number of halogens is 1. The average Bonchev–Trinajstić information content (AvgIpc) is 3.28. The molecule has 7 nitrogen and oxygen atoms in total. The number of nitrogens with one attached hydrogen (secondary N) is 2. The van der Waals surface area contributed by atoms with Crippen LogP contribution in [0, 0.1) is 0 Å². The minimum Gasteiger partial charge on any atom is -0.496 e. The van der Waals surface area contributed by atoms with Gasteiger partial charge in [-0.05, 0) is 103 Å². The fourth-order valence-corrected chi connectivity index (χ4v) is 4.43. The number of amides is 1. The molecule has 0 radical (unpaired) electrons. The number of oxazole rings is 1. The molecule has 0 aliphatic heterocycles. The highest BCUT2D eigenvalue weighted by molar-refractivity contribution is 9.10. The summed E-state index contributed by atoms with van der Waals surface area (Å²) >= 11 is 8.71. The van der Waals surface area contributed by atoms with Gasteiger partial charge in [-0.2, -0.15) is 0 Å². The smallest absolute Gasteiger partial charge is 0.257 e. The van der Waals surface area contributed by atoms with Gasteiger partial charge in [-0.25, -0.2) is 4.98 Å². The zero-order chi connectivity index (χ0) is 24.9. The number of aromatic nitrogens is 1. The maximum atomic E-state index is 12.5. The van der Waals surface area contributed by atoms with Gasteiger partial charge in [-0.1, -0.05) is 0 Å². The number of hydrogen-bond acceptors (Lipinski definition) is 6. The number of fused-ring (bicyclic) bond motifs is 1. The maximum Gasteiger partial charge on any atom is 0.257 e. The summed E-state index contributed by atoms with van der Waals surface area (Å²) < 4.78 is 11.8. The summed E-state index contributed by atoms with van der Waals surface area (Å²) in [5.41, 5.74) is 4.56. The molecule has 0 saturated heterocycles. The van der Waals surface area contributed by atoms with Crippen molar-refractivity contribution in [1.82, 2.24) is 10.3 Å². The number of methoxy groups -OCH3 is 1. The van der Waals surface area contributed by atoms with E-state index in [0.29, 0.717) is 38.5 Å². The molecule has 4 rings (SSSR count). The normalized spacial score (nSPS) is 10.7. The Bertz CT molecular complexity index is 1370. The van der Waals surface area contributed by atoms with Gasteiger partial charge in [0.05, 0.1) is 11.6 Å². The quantitative estimate of drug-likeness (QED) is 0.263. The van der Waals surface area contributed by atoms with E-state index in [1.165, 1.54) is 5.69 Å². The van der Waals surface area contributed by atoms with Crippen LogP contribution in [0.25, 0.3) is 22.6 Å². The Morgan fingerprint density at radius 2 is 1.83 bits per heavy atom. The molecule has 0 spiro atoms. The molecule has 3 aromatic carbocycles. The molecule has 2 N–H and O–H groups in total. The second kappa shape index (κ2) is 10.9. The molecule has 0 bridgehead atoms. The van der Waals surface area contributed by atoms with Gasteiger partial charge in [0.2, 0.25) is 5.89 Å². The first-order valence-corrected chi connectivity index (χ1v) is 12.3. The van der Waals surface area contributed by atoms with Crippen LogP contribution in [-0.2, 0) is 0 Å². The first kappa shape index (κ1) is 24.7. The van der Waals surface area contributed by atoms with Gasteiger partial charge in [0.25, 0.3) is 5.91 Å². The fourth-order valence-electron chi connectivity index (χ4n) is 3.68. The second-order valence-electron chi connectivity index (χ2n) is 7.68. The lowest BCUT2D eigenvalue weighted by Gasteiger charge is -2.20. The van der Waals surface area contributed by atoms with E-state index in [1.807, 2.05) is 30.3 Å². The molecule has 0 saturated carbocycles. The predicted octanol–water partition coefficient (Wildman–Crippen LogP) is 6.24. The van der Waals surface area contributed by atoms with Crippen LogP contribution in [0.3, 0.4) is 0 Å². The Kier molecular flexibility index (Phi) is 7.67. The van der Waals surface area contributed by atoms with Crippen molar-refractivity contribution in [2.45, 2.75) is 13.8 Å². The van der Waals surface area contributed by atoms with E-state index in [4.69, 9.17) is 21.4 Å². The van der Waals surface area contributed by atoms with E-state index in [1.54, 1.807) is 25.3 Å². The van der Waals surface area contributed by atoms with Crippen LogP contribution < -0.4 is 20.3 Å². The van der Waals surface area contributed by atoms with Gasteiger partial charge in [-0.3, -0.25) is 10.1 Å². The van der Waals surface area contributed by atoms with Gasteiger partial charge in [0.15, 0.2) is 10.7 Å². The van der Waals surface area contributed by atoms with Crippen LogP contribution in [0.5, 0.6) is 5.75 Å². The molecular weight excluding hydrogens is 528 g/mol. The Labute approximate surface area is 217 Å². The summed E-state index contributed by atoms with van der Waals surface area (Å²) in [5, 5.41) is 5.89. The second-order valence-corrected chi connectivity index (χ2v) is 8.94. The zero-order valence-corrected chi connectivity index (χ0v) is 22.0. The van der Waals surface area contributed by atoms with Gasteiger partial charge in [-0.15, -0.1) is 0 Å². The lowest BCUT2D eigenvalue weighted by Crippen LogP contribution is -2.34. The van der Waals surface area contributed by atoms with E-state index in [2.05, 4.69) is 62.4 Å². The summed E-state index contributed by atoms with van der Waals surface area (Å²) in [6.45, 7) is 6.18. The number of benzene rings is 3. The number of hydrogen-bond donors (Lipinski definition) is 2. The van der Waals surface area contributed by atoms with E-state index >= 15 is 0 Å². The molecule has 1 amide bonds. The summed E-state index contributed by atoms with van der Waals surface area (Å²) in [6, 6.07) is 18.7. The molecule has 0 fully saturated rings. The topological polar surface area (TPSA) is 79.6 Å². The molecule has 0 unspecified atom stereocenters. The summed E-state index contributed by atoms with van der Waals surface area (Å²) in [4.78, 5) is 19.5. The highest BCUT2D eigenvalue weighted by Crippen LogP contribution is 2.28. The molecule has 0 atom stereocenters. The number of anilines is 2. The van der Waals surface area contributed by atoms with Crippen LogP contribution in [0.2, 0.25) is 0 Å². The van der Waals surface area contributed by atoms with Crippen molar-refractivity contribution in [3.05, 3.63) is 70.7 Å². The highest BCUT2D eigenvalue weighted by atomic mass is 79.9. The third-order valence-electron chi connectivity index (χ3n) is 5.53. The minimum absolute atomic E-state index is 0.178. The third kappa shape index (κ3) is 5.63. The lowest BCUT2D eigenvalue weighted by atomic mass is 10.2. The largest absolute Gasteiger partial charge is 0.496 e. The third-order valence-corrected chi connectivity index (χ3v) is 6.35. The van der Waals surface area contributed by atoms with Crippen molar-refractivity contribution in [3.63, 3.8) is 0 Å². The van der Waals surface area contributed by atoms with Crippen LogP contribution in [-0.4, -0.2) is 36.2 Å². The van der Waals surface area contributed by atoms with Crippen molar-refractivity contribution < 1.29 is 13.9 Å². The van der Waals surface area contributed by atoms with Crippen molar-refractivity contribution in [1.29, 1.82) is 0 Å². The van der Waals surface area contributed by atoms with Crippen LogP contribution >= 0.6 is 28.1 Å². The van der Waals surface area contributed by atoms with E-state index < -0.39 is 0 Å². The molecular formula is C26H25BrN4O3S. The van der Waals surface area contributed by atoms with Crippen LogP contribution in [0.1, 0.15) is 24.2 Å². The first-order valence-electron chi connectivity index (χ1n) is 11.1. The van der Waals surface area contributed by atoms with Crippen LogP contribution in [0.15, 0.2) is 69.6 Å². The number of thiocarbonyl (C=S) groups is 1. The Morgan fingerprint density at radius 1 is 1.09 bits per heavy atom. The minimum atomic E-state index is -0.330. The van der Waals surface area contributed by atoms with Gasteiger partial charge in [0, 0.05) is 35.6 Å². The Morgan fingerprint density at radius 3 is 2.49 bits per heavy atom. The van der Waals surface area contributed by atoms with Gasteiger partial charge >= 0.3 is 0 Å². The molecule has 9 heteroatoms. The SMILES string of the molecule is CCN(CC)c1ccc(-c2nc3cc(NC(=S)NC(=O)c4ccc(OC)c(Br)c4)ccc3o2)cc1. The number of ether oxygens (including phenoxy) is 1. The van der Waals surface area contributed by atoms with Crippen molar-refractivity contribution >= 4 is 61.6 Å². The van der Waals surface area contributed by atoms with Crippen molar-refractivity contribution in [3.8, 4) is 17.2 Å². The predicted molar refractivity (Wildman–Crippen MR) is 147 cm³/mol. The maximum absolute atomic E-state index is 12.5. The van der Waals surface area contributed by atoms with Gasteiger partial charge in [0.1, 0.15) is 11.3 Å². The van der Waals surface area contributed by atoms with E-state index in [0.717, 1.165) is 18.7 Å². The number of carbonyl (C=O) groups excluding carboxylic acids is 1. The number of rotatable bonds is 7. The molecule has 35 heavy (non-hydrogen) atoms. The molecule has 0 aliphatic rings. The fraction of sp³-hybridized carbons (Fsp3) is 0.192. The zero-order valence-electron chi connectivity index (χ0n) is 19.6. The molecule has 1 heterocycles. The van der Waals surface area contributed by atoms with Crippen LogP contribution in [0.4, 0.5) is 11.4 Å². The summed E-state index contributed by atoms with van der Waals surface area (Å²) in [5.74, 6) is 0.857.